The molecule has 1 fully saturated rings. The lowest BCUT2D eigenvalue weighted by Crippen LogP contribution is -2.44. The second-order valence-corrected chi connectivity index (χ2v) is 4.97. The molecular formula is C13H20N4O3. The van der Waals surface area contributed by atoms with Gasteiger partial charge in [-0.3, -0.25) is 4.79 Å². The van der Waals surface area contributed by atoms with Gasteiger partial charge in [0.25, 0.3) is 5.91 Å². The van der Waals surface area contributed by atoms with Crippen LogP contribution in [-0.2, 0) is 6.54 Å². The summed E-state index contributed by atoms with van der Waals surface area (Å²) in [4.78, 5) is 24.8. The average molecular weight is 280 g/mol. The van der Waals surface area contributed by atoms with Crippen molar-refractivity contribution < 1.29 is 14.0 Å². The van der Waals surface area contributed by atoms with E-state index in [1.165, 1.54) is 0 Å². The third-order valence-electron chi connectivity index (χ3n) is 3.44. The van der Waals surface area contributed by atoms with Crippen LogP contribution in [0.15, 0.2) is 16.5 Å². The van der Waals surface area contributed by atoms with Gasteiger partial charge in [-0.25, -0.2) is 4.79 Å². The fourth-order valence-corrected chi connectivity index (χ4v) is 2.42. The number of likely N-dealkylation sites (tertiary alicyclic amines) is 1. The second kappa shape index (κ2) is 6.42. The summed E-state index contributed by atoms with van der Waals surface area (Å²) in [6.07, 6.45) is 1.87. The zero-order valence-electron chi connectivity index (χ0n) is 11.3. The molecule has 3 amide bonds. The molecule has 1 aliphatic heterocycles. The number of nitrogens with zero attached hydrogens (tertiary/aromatic N) is 1. The van der Waals surface area contributed by atoms with Crippen molar-refractivity contribution in [1.82, 2.24) is 10.2 Å². The van der Waals surface area contributed by atoms with E-state index in [0.717, 1.165) is 12.8 Å². The summed E-state index contributed by atoms with van der Waals surface area (Å²) in [5.41, 5.74) is 10.5. The van der Waals surface area contributed by atoms with Crippen LogP contribution in [0.5, 0.6) is 0 Å². The largest absolute Gasteiger partial charge is 0.455 e. The highest BCUT2D eigenvalue weighted by Crippen LogP contribution is 2.19. The predicted molar refractivity (Wildman–Crippen MR) is 72.8 cm³/mol. The predicted octanol–water partition coefficient (Wildman–Crippen LogP) is 0.259. The summed E-state index contributed by atoms with van der Waals surface area (Å²) in [6, 6.07) is 2.83. The van der Waals surface area contributed by atoms with E-state index in [4.69, 9.17) is 15.9 Å². The van der Waals surface area contributed by atoms with Crippen LogP contribution < -0.4 is 16.8 Å². The van der Waals surface area contributed by atoms with Gasteiger partial charge in [0.1, 0.15) is 5.76 Å². The number of piperidine rings is 1. The summed E-state index contributed by atoms with van der Waals surface area (Å²) >= 11 is 0. The Hall–Kier alpha value is -2.02. The number of carbonyl (C=O) groups is 2. The molecule has 0 bridgehead atoms. The highest BCUT2D eigenvalue weighted by molar-refractivity contribution is 5.91. The van der Waals surface area contributed by atoms with E-state index in [1.807, 2.05) is 0 Å². The number of hydrogen-bond acceptors (Lipinski definition) is 4. The zero-order chi connectivity index (χ0) is 14.5. The summed E-state index contributed by atoms with van der Waals surface area (Å²) < 4.78 is 5.38. The number of urea groups is 1. The van der Waals surface area contributed by atoms with Gasteiger partial charge in [-0.1, -0.05) is 0 Å². The number of nitrogens with two attached hydrogens (primary N) is 2. The van der Waals surface area contributed by atoms with Gasteiger partial charge in [-0.15, -0.1) is 0 Å². The molecule has 1 aromatic rings. The van der Waals surface area contributed by atoms with Crippen LogP contribution in [0.3, 0.4) is 0 Å². The number of nitrogens with one attached hydrogen (secondary N) is 1. The number of amides is 3. The molecule has 7 heteroatoms. The number of rotatable bonds is 4. The van der Waals surface area contributed by atoms with E-state index in [-0.39, 0.29) is 18.4 Å². The molecule has 2 rings (SSSR count). The van der Waals surface area contributed by atoms with Crippen molar-refractivity contribution in [2.45, 2.75) is 19.4 Å². The van der Waals surface area contributed by atoms with Crippen molar-refractivity contribution in [2.75, 3.05) is 19.6 Å². The molecule has 1 aromatic heterocycles. The Labute approximate surface area is 117 Å². The summed E-state index contributed by atoms with van der Waals surface area (Å²) in [5, 5.41) is 2.59. The quantitative estimate of drug-likeness (QED) is 0.733. The summed E-state index contributed by atoms with van der Waals surface area (Å²) in [6.45, 7) is 2.06. The molecular weight excluding hydrogens is 260 g/mol. The van der Waals surface area contributed by atoms with E-state index in [0.29, 0.717) is 31.2 Å². The van der Waals surface area contributed by atoms with Crippen molar-refractivity contribution in [3.63, 3.8) is 0 Å². The van der Waals surface area contributed by atoms with E-state index < -0.39 is 6.03 Å². The van der Waals surface area contributed by atoms with Gasteiger partial charge in [0, 0.05) is 19.6 Å². The molecule has 7 nitrogen and oxygen atoms in total. The molecule has 1 saturated heterocycles. The minimum Gasteiger partial charge on any atom is -0.455 e. The zero-order valence-corrected chi connectivity index (χ0v) is 11.3. The maximum atomic E-state index is 12.3. The molecule has 0 saturated carbocycles. The lowest BCUT2D eigenvalue weighted by Gasteiger charge is -2.32. The van der Waals surface area contributed by atoms with E-state index >= 15 is 0 Å². The minimum atomic E-state index is -0.535. The first-order valence-electron chi connectivity index (χ1n) is 6.71. The molecule has 0 spiro atoms. The Morgan fingerprint density at radius 2 is 2.25 bits per heavy atom. The molecule has 2 heterocycles. The first kappa shape index (κ1) is 14.4. The van der Waals surface area contributed by atoms with Crippen molar-refractivity contribution >= 4 is 11.9 Å². The number of hydrogen-bond donors (Lipinski definition) is 3. The fourth-order valence-electron chi connectivity index (χ4n) is 2.42. The molecule has 1 aliphatic rings. The fraction of sp³-hybridized carbons (Fsp3) is 0.538. The van der Waals surface area contributed by atoms with Crippen molar-refractivity contribution in [1.29, 1.82) is 0 Å². The van der Waals surface area contributed by atoms with Crippen LogP contribution in [0.2, 0.25) is 0 Å². The number of primary amides is 1. The Morgan fingerprint density at radius 1 is 1.45 bits per heavy atom. The molecule has 110 valence electrons. The Morgan fingerprint density at radius 3 is 2.90 bits per heavy atom. The van der Waals surface area contributed by atoms with Gasteiger partial charge in [-0.05, 0) is 30.9 Å². The lowest BCUT2D eigenvalue weighted by molar-refractivity contribution is 0.0641. The van der Waals surface area contributed by atoms with Crippen LogP contribution in [0.25, 0.3) is 0 Å². The van der Waals surface area contributed by atoms with Gasteiger partial charge < -0.3 is 26.1 Å². The van der Waals surface area contributed by atoms with Crippen molar-refractivity contribution in [2.24, 2.45) is 17.4 Å². The first-order chi connectivity index (χ1) is 9.60. The normalized spacial score (nSPS) is 18.9. The van der Waals surface area contributed by atoms with E-state index in [9.17, 15) is 9.59 Å². The maximum absolute atomic E-state index is 12.3. The summed E-state index contributed by atoms with van der Waals surface area (Å²) in [5.74, 6) is 1.00. The Bertz CT molecular complexity index is 486. The van der Waals surface area contributed by atoms with E-state index in [1.54, 1.807) is 17.0 Å². The number of carbonyl (C=O) groups excluding carboxylic acids is 2. The van der Waals surface area contributed by atoms with Crippen molar-refractivity contribution in [3.8, 4) is 0 Å². The van der Waals surface area contributed by atoms with Crippen LogP contribution in [-0.4, -0.2) is 36.5 Å². The lowest BCUT2D eigenvalue weighted by atomic mass is 9.98. The minimum absolute atomic E-state index is 0.131. The van der Waals surface area contributed by atoms with E-state index in [2.05, 4.69) is 5.32 Å². The van der Waals surface area contributed by atoms with Crippen molar-refractivity contribution in [3.05, 3.63) is 23.7 Å². The van der Waals surface area contributed by atoms with Gasteiger partial charge in [0.05, 0.1) is 6.54 Å². The number of furan rings is 1. The standard InChI is InChI=1S/C13H20N4O3/c14-6-10-3-4-11(20-10)12(18)17-5-1-2-9(8-17)7-16-13(15)19/h3-4,9H,1-2,5-8,14H2,(H3,15,16,19). The topological polar surface area (TPSA) is 115 Å². The van der Waals surface area contributed by atoms with Crippen LogP contribution in [0.1, 0.15) is 29.2 Å². The van der Waals surface area contributed by atoms with Crippen LogP contribution in [0.4, 0.5) is 4.79 Å². The first-order valence-corrected chi connectivity index (χ1v) is 6.71. The van der Waals surface area contributed by atoms with Gasteiger partial charge in [-0.2, -0.15) is 0 Å². The highest BCUT2D eigenvalue weighted by Gasteiger charge is 2.26. The average Bonchev–Trinajstić information content (AvgIpc) is 2.93. The molecule has 20 heavy (non-hydrogen) atoms. The highest BCUT2D eigenvalue weighted by atomic mass is 16.4. The molecule has 5 N–H and O–H groups in total. The maximum Gasteiger partial charge on any atom is 0.312 e. The molecule has 0 radical (unpaired) electrons. The molecule has 1 atom stereocenters. The summed E-state index contributed by atoms with van der Waals surface area (Å²) in [7, 11) is 0. The SMILES string of the molecule is NCc1ccc(C(=O)N2CCCC(CNC(N)=O)C2)o1. The van der Waals surface area contributed by atoms with Gasteiger partial charge >= 0.3 is 6.03 Å². The molecule has 1 unspecified atom stereocenters. The monoisotopic (exact) mass is 280 g/mol. The third-order valence-corrected chi connectivity index (χ3v) is 3.44. The van der Waals surface area contributed by atoms with Gasteiger partial charge in [0.2, 0.25) is 0 Å². The Balaban J connectivity index is 1.94. The molecule has 0 aliphatic carbocycles. The van der Waals surface area contributed by atoms with Crippen LogP contribution >= 0.6 is 0 Å². The Kier molecular flexibility index (Phi) is 4.62. The molecule has 0 aromatic carbocycles. The third kappa shape index (κ3) is 3.51. The van der Waals surface area contributed by atoms with Gasteiger partial charge in [0.15, 0.2) is 5.76 Å². The second-order valence-electron chi connectivity index (χ2n) is 4.97. The van der Waals surface area contributed by atoms with Crippen LogP contribution in [0, 0.1) is 5.92 Å². The smallest absolute Gasteiger partial charge is 0.312 e.